The molecule has 0 spiro atoms. The standard InChI is InChI=1S/C18H21F3N4O.ClH/c1-11-16(7-4-8-22-11)24-17(26)15-10-23-25(12(15)2)14-6-3-5-13(9-14)18(19,20)21;/h3,5-6,9-11,16,22H,4,7-8H2,1-2H3,(H,24,26);1H. The normalized spacial score (nSPS) is 20.0. The Morgan fingerprint density at radius 1 is 1.37 bits per heavy atom. The van der Waals surface area contributed by atoms with Gasteiger partial charge in [-0.3, -0.25) is 4.79 Å². The van der Waals surface area contributed by atoms with E-state index in [9.17, 15) is 18.0 Å². The number of alkyl halides is 3. The molecule has 1 aliphatic rings. The van der Waals surface area contributed by atoms with E-state index in [2.05, 4.69) is 15.7 Å². The molecular weight excluding hydrogens is 381 g/mol. The van der Waals surface area contributed by atoms with Crippen LogP contribution in [0.25, 0.3) is 5.69 Å². The Balaban J connectivity index is 0.00000261. The number of aromatic nitrogens is 2. The van der Waals surface area contributed by atoms with E-state index in [1.807, 2.05) is 6.92 Å². The Labute approximate surface area is 161 Å². The van der Waals surface area contributed by atoms with E-state index < -0.39 is 11.7 Å². The lowest BCUT2D eigenvalue weighted by Gasteiger charge is -2.30. The lowest BCUT2D eigenvalue weighted by Crippen LogP contribution is -2.51. The first-order valence-electron chi connectivity index (χ1n) is 8.54. The van der Waals surface area contributed by atoms with Gasteiger partial charge in [-0.15, -0.1) is 12.4 Å². The van der Waals surface area contributed by atoms with Crippen LogP contribution in [-0.2, 0) is 6.18 Å². The third-order valence-corrected chi connectivity index (χ3v) is 4.75. The molecule has 0 saturated carbocycles. The van der Waals surface area contributed by atoms with Gasteiger partial charge in [-0.05, 0) is 51.4 Å². The SMILES string of the molecule is Cc1c(C(=O)NC2CCCNC2C)cnn1-c1cccc(C(F)(F)F)c1.Cl. The number of amides is 1. The minimum absolute atomic E-state index is 0. The number of carbonyl (C=O) groups is 1. The molecule has 0 aliphatic carbocycles. The summed E-state index contributed by atoms with van der Waals surface area (Å²) in [6.07, 6.45) is -1.16. The minimum Gasteiger partial charge on any atom is -0.348 e. The van der Waals surface area contributed by atoms with Gasteiger partial charge in [0.25, 0.3) is 5.91 Å². The van der Waals surface area contributed by atoms with Crippen molar-refractivity contribution >= 4 is 18.3 Å². The fourth-order valence-corrected chi connectivity index (χ4v) is 3.19. The molecule has 9 heteroatoms. The first kappa shape index (κ1) is 21.2. The summed E-state index contributed by atoms with van der Waals surface area (Å²) in [7, 11) is 0. The van der Waals surface area contributed by atoms with Crippen LogP contribution in [0, 0.1) is 6.92 Å². The van der Waals surface area contributed by atoms with Gasteiger partial charge < -0.3 is 10.6 Å². The maximum absolute atomic E-state index is 12.9. The first-order valence-corrected chi connectivity index (χ1v) is 8.54. The molecular formula is C18H22ClF3N4O. The first-order chi connectivity index (χ1) is 12.3. The second kappa shape index (κ2) is 8.31. The van der Waals surface area contributed by atoms with Crippen molar-refractivity contribution in [3.05, 3.63) is 47.3 Å². The van der Waals surface area contributed by atoms with E-state index in [1.54, 1.807) is 6.92 Å². The fraction of sp³-hybridized carbons (Fsp3) is 0.444. The summed E-state index contributed by atoms with van der Waals surface area (Å²) in [6.45, 7) is 4.62. The van der Waals surface area contributed by atoms with Crippen molar-refractivity contribution in [1.29, 1.82) is 0 Å². The Kier molecular flexibility index (Phi) is 6.54. The number of halogens is 4. The van der Waals surface area contributed by atoms with Crippen LogP contribution in [0.15, 0.2) is 30.5 Å². The lowest BCUT2D eigenvalue weighted by atomic mass is 9.99. The average Bonchev–Trinajstić information content (AvgIpc) is 2.98. The van der Waals surface area contributed by atoms with Gasteiger partial charge in [0.15, 0.2) is 0 Å². The Morgan fingerprint density at radius 2 is 2.11 bits per heavy atom. The summed E-state index contributed by atoms with van der Waals surface area (Å²) in [5.41, 5.74) is 0.375. The number of hydrogen-bond donors (Lipinski definition) is 2. The molecule has 1 amide bonds. The second-order valence-electron chi connectivity index (χ2n) is 6.57. The van der Waals surface area contributed by atoms with Crippen LogP contribution in [0.2, 0.25) is 0 Å². The van der Waals surface area contributed by atoms with Gasteiger partial charge in [-0.25, -0.2) is 4.68 Å². The molecule has 2 unspecified atom stereocenters. The molecule has 1 aromatic heterocycles. The van der Waals surface area contributed by atoms with Crippen LogP contribution in [0.5, 0.6) is 0 Å². The summed E-state index contributed by atoms with van der Waals surface area (Å²) in [5, 5.41) is 10.4. The number of piperidine rings is 1. The molecule has 2 heterocycles. The zero-order chi connectivity index (χ0) is 18.9. The van der Waals surface area contributed by atoms with Crippen molar-refractivity contribution in [3.8, 4) is 5.69 Å². The second-order valence-corrected chi connectivity index (χ2v) is 6.57. The predicted octanol–water partition coefficient (Wildman–Crippen LogP) is 3.49. The van der Waals surface area contributed by atoms with Crippen molar-refractivity contribution < 1.29 is 18.0 Å². The van der Waals surface area contributed by atoms with Crippen molar-refractivity contribution in [2.75, 3.05) is 6.54 Å². The van der Waals surface area contributed by atoms with Crippen LogP contribution >= 0.6 is 12.4 Å². The fourth-order valence-electron chi connectivity index (χ4n) is 3.19. The van der Waals surface area contributed by atoms with E-state index in [0.29, 0.717) is 11.3 Å². The molecule has 3 rings (SSSR count). The maximum atomic E-state index is 12.9. The van der Waals surface area contributed by atoms with Crippen LogP contribution < -0.4 is 10.6 Å². The molecule has 1 fully saturated rings. The highest BCUT2D eigenvalue weighted by Crippen LogP contribution is 2.30. The monoisotopic (exact) mass is 402 g/mol. The smallest absolute Gasteiger partial charge is 0.348 e. The molecule has 27 heavy (non-hydrogen) atoms. The number of carbonyl (C=O) groups excluding carboxylic acids is 1. The summed E-state index contributed by atoms with van der Waals surface area (Å²) in [5.74, 6) is -0.263. The predicted molar refractivity (Wildman–Crippen MR) is 98.5 cm³/mol. The van der Waals surface area contributed by atoms with Crippen LogP contribution in [0.1, 0.15) is 41.4 Å². The Morgan fingerprint density at radius 3 is 2.78 bits per heavy atom. The topological polar surface area (TPSA) is 59.0 Å². The molecule has 2 N–H and O–H groups in total. The molecule has 5 nitrogen and oxygen atoms in total. The van der Waals surface area contributed by atoms with E-state index in [0.717, 1.165) is 31.5 Å². The average molecular weight is 403 g/mol. The number of hydrogen-bond acceptors (Lipinski definition) is 3. The highest BCUT2D eigenvalue weighted by molar-refractivity contribution is 5.95. The van der Waals surface area contributed by atoms with Gasteiger partial charge in [0.2, 0.25) is 0 Å². The summed E-state index contributed by atoms with van der Waals surface area (Å²) in [6, 6.07) is 5.08. The van der Waals surface area contributed by atoms with Gasteiger partial charge in [0.05, 0.1) is 28.7 Å². The molecule has 148 valence electrons. The van der Waals surface area contributed by atoms with E-state index in [4.69, 9.17) is 0 Å². The van der Waals surface area contributed by atoms with E-state index in [1.165, 1.54) is 23.0 Å². The third-order valence-electron chi connectivity index (χ3n) is 4.75. The zero-order valence-corrected chi connectivity index (χ0v) is 15.8. The lowest BCUT2D eigenvalue weighted by molar-refractivity contribution is -0.137. The molecule has 2 aromatic rings. The van der Waals surface area contributed by atoms with Crippen molar-refractivity contribution in [2.24, 2.45) is 0 Å². The zero-order valence-electron chi connectivity index (χ0n) is 15.0. The van der Waals surface area contributed by atoms with Gasteiger partial charge in [-0.2, -0.15) is 18.3 Å². The maximum Gasteiger partial charge on any atom is 0.416 e. The van der Waals surface area contributed by atoms with Crippen molar-refractivity contribution in [3.63, 3.8) is 0 Å². The highest BCUT2D eigenvalue weighted by atomic mass is 35.5. The van der Waals surface area contributed by atoms with Gasteiger partial charge in [-0.1, -0.05) is 6.07 Å². The molecule has 1 saturated heterocycles. The molecule has 0 radical (unpaired) electrons. The number of benzene rings is 1. The molecule has 1 aliphatic heterocycles. The largest absolute Gasteiger partial charge is 0.416 e. The van der Waals surface area contributed by atoms with Crippen LogP contribution in [-0.4, -0.2) is 34.3 Å². The number of rotatable bonds is 3. The quantitative estimate of drug-likeness (QED) is 0.826. The van der Waals surface area contributed by atoms with E-state index >= 15 is 0 Å². The van der Waals surface area contributed by atoms with Crippen LogP contribution in [0.4, 0.5) is 13.2 Å². The van der Waals surface area contributed by atoms with Crippen molar-refractivity contribution in [1.82, 2.24) is 20.4 Å². The Hall–Kier alpha value is -2.06. The molecule has 1 aromatic carbocycles. The minimum atomic E-state index is -4.43. The highest BCUT2D eigenvalue weighted by Gasteiger charge is 2.31. The van der Waals surface area contributed by atoms with Crippen LogP contribution in [0.3, 0.4) is 0 Å². The number of nitrogens with zero attached hydrogens (tertiary/aromatic N) is 2. The number of nitrogens with one attached hydrogen (secondary N) is 2. The van der Waals surface area contributed by atoms with Gasteiger partial charge >= 0.3 is 6.18 Å². The van der Waals surface area contributed by atoms with Gasteiger partial charge in [0, 0.05) is 12.1 Å². The molecule has 2 atom stereocenters. The Bertz CT molecular complexity index is 806. The molecule has 0 bridgehead atoms. The summed E-state index contributed by atoms with van der Waals surface area (Å²) in [4.78, 5) is 12.6. The summed E-state index contributed by atoms with van der Waals surface area (Å²) < 4.78 is 40.1. The third kappa shape index (κ3) is 4.62. The van der Waals surface area contributed by atoms with E-state index in [-0.39, 0.29) is 36.1 Å². The van der Waals surface area contributed by atoms with Gasteiger partial charge in [0.1, 0.15) is 0 Å². The van der Waals surface area contributed by atoms with Crippen molar-refractivity contribution in [2.45, 2.75) is 44.9 Å². The summed E-state index contributed by atoms with van der Waals surface area (Å²) >= 11 is 0.